The zero-order chi connectivity index (χ0) is 25.7. The van der Waals surface area contributed by atoms with Gasteiger partial charge in [0.25, 0.3) is 17.1 Å². The molecule has 7 nitrogen and oxygen atoms in total. The number of carbonyl (C=O) groups excluding carboxylic acids is 3. The maximum atomic E-state index is 12.9. The minimum Gasteiger partial charge on any atom is -0.493 e. The van der Waals surface area contributed by atoms with Gasteiger partial charge in [-0.15, -0.1) is 0 Å². The fraction of sp³-hybridized carbons (Fsp3) is 0.179. The lowest BCUT2D eigenvalue weighted by Crippen LogP contribution is -2.27. The standard InChI is InChI=1S/C28H26N2O5S/c1-18-4-8-20(9-5-18)16-30-27(32)25(36-28(30)33)15-21-10-13-23(24(14-21)34-3)35-17-26(31)29-22-11-6-19(2)7-12-22/h4-15H,16-17H2,1-3H3,(H,29,31)/b25-15+. The lowest BCUT2D eigenvalue weighted by atomic mass is 10.1. The van der Waals surface area contributed by atoms with Gasteiger partial charge in [-0.05, 0) is 67.1 Å². The van der Waals surface area contributed by atoms with Crippen LogP contribution < -0.4 is 14.8 Å². The summed E-state index contributed by atoms with van der Waals surface area (Å²) in [5, 5.41) is 2.47. The Bertz CT molecular complexity index is 1320. The Balaban J connectivity index is 1.41. The van der Waals surface area contributed by atoms with Crippen LogP contribution in [-0.4, -0.2) is 35.7 Å². The SMILES string of the molecule is COc1cc(/C=C2/SC(=O)N(Cc3ccc(C)cc3)C2=O)ccc1OCC(=O)Nc1ccc(C)cc1. The zero-order valence-electron chi connectivity index (χ0n) is 20.2. The van der Waals surface area contributed by atoms with Crippen molar-refractivity contribution in [3.05, 3.63) is 93.9 Å². The van der Waals surface area contributed by atoms with E-state index in [0.717, 1.165) is 28.5 Å². The normalized spacial score (nSPS) is 14.3. The van der Waals surface area contributed by atoms with Gasteiger partial charge in [-0.25, -0.2) is 0 Å². The van der Waals surface area contributed by atoms with Crippen molar-refractivity contribution in [1.29, 1.82) is 0 Å². The van der Waals surface area contributed by atoms with Crippen LogP contribution >= 0.6 is 11.8 Å². The van der Waals surface area contributed by atoms with Gasteiger partial charge in [0, 0.05) is 5.69 Å². The van der Waals surface area contributed by atoms with Gasteiger partial charge in [0.2, 0.25) is 0 Å². The van der Waals surface area contributed by atoms with E-state index < -0.39 is 0 Å². The van der Waals surface area contributed by atoms with Crippen molar-refractivity contribution >= 4 is 40.6 Å². The summed E-state index contributed by atoms with van der Waals surface area (Å²) in [7, 11) is 1.49. The predicted molar refractivity (Wildman–Crippen MR) is 141 cm³/mol. The Kier molecular flexibility index (Phi) is 7.75. The molecule has 1 N–H and O–H groups in total. The topological polar surface area (TPSA) is 84.9 Å². The van der Waals surface area contributed by atoms with Crippen LogP contribution in [0.2, 0.25) is 0 Å². The summed E-state index contributed by atoms with van der Waals surface area (Å²) >= 11 is 0.906. The fourth-order valence-electron chi connectivity index (χ4n) is 3.53. The second-order valence-electron chi connectivity index (χ2n) is 8.37. The van der Waals surface area contributed by atoms with Crippen LogP contribution in [0.5, 0.6) is 11.5 Å². The minimum absolute atomic E-state index is 0.193. The molecule has 4 rings (SSSR count). The summed E-state index contributed by atoms with van der Waals surface area (Å²) < 4.78 is 11.1. The summed E-state index contributed by atoms with van der Waals surface area (Å²) in [5.74, 6) is 0.164. The van der Waals surface area contributed by atoms with E-state index in [-0.39, 0.29) is 30.2 Å². The van der Waals surface area contributed by atoms with Crippen molar-refractivity contribution in [1.82, 2.24) is 4.90 Å². The first-order chi connectivity index (χ1) is 17.3. The lowest BCUT2D eigenvalue weighted by molar-refractivity contribution is -0.123. The van der Waals surface area contributed by atoms with Crippen molar-refractivity contribution in [2.24, 2.45) is 0 Å². The third-order valence-corrected chi connectivity index (χ3v) is 6.42. The number of hydrogen-bond donors (Lipinski definition) is 1. The third-order valence-electron chi connectivity index (χ3n) is 5.51. The van der Waals surface area contributed by atoms with E-state index in [1.54, 1.807) is 24.3 Å². The molecule has 1 saturated heterocycles. The van der Waals surface area contributed by atoms with E-state index in [2.05, 4.69) is 5.32 Å². The highest BCUT2D eigenvalue weighted by molar-refractivity contribution is 8.18. The number of nitrogens with one attached hydrogen (secondary N) is 1. The molecular weight excluding hydrogens is 476 g/mol. The Morgan fingerprint density at radius 2 is 1.61 bits per heavy atom. The Hall–Kier alpha value is -4.04. The fourth-order valence-corrected chi connectivity index (χ4v) is 4.37. The van der Waals surface area contributed by atoms with Gasteiger partial charge >= 0.3 is 0 Å². The van der Waals surface area contributed by atoms with E-state index in [9.17, 15) is 14.4 Å². The van der Waals surface area contributed by atoms with E-state index >= 15 is 0 Å². The monoisotopic (exact) mass is 502 g/mol. The summed E-state index contributed by atoms with van der Waals surface area (Å²) in [6.07, 6.45) is 1.65. The second-order valence-corrected chi connectivity index (χ2v) is 9.36. The average Bonchev–Trinajstić information content (AvgIpc) is 3.13. The number of nitrogens with zero attached hydrogens (tertiary/aromatic N) is 1. The maximum Gasteiger partial charge on any atom is 0.293 e. The molecule has 1 fully saturated rings. The number of ether oxygens (including phenoxy) is 2. The third kappa shape index (κ3) is 6.14. The molecule has 0 radical (unpaired) electrons. The number of imide groups is 1. The van der Waals surface area contributed by atoms with Crippen molar-refractivity contribution in [2.45, 2.75) is 20.4 Å². The molecule has 0 saturated carbocycles. The quantitative estimate of drug-likeness (QED) is 0.406. The van der Waals surface area contributed by atoms with Crippen molar-refractivity contribution < 1.29 is 23.9 Å². The number of amides is 3. The maximum absolute atomic E-state index is 12.9. The highest BCUT2D eigenvalue weighted by Gasteiger charge is 2.35. The van der Waals surface area contributed by atoms with Gasteiger partial charge in [0.15, 0.2) is 18.1 Å². The minimum atomic E-state index is -0.336. The highest BCUT2D eigenvalue weighted by Crippen LogP contribution is 2.35. The smallest absolute Gasteiger partial charge is 0.293 e. The molecule has 3 aromatic rings. The van der Waals surface area contributed by atoms with Gasteiger partial charge in [-0.3, -0.25) is 19.3 Å². The summed E-state index contributed by atoms with van der Waals surface area (Å²) in [6, 6.07) is 20.3. The molecule has 0 spiro atoms. The Labute approximate surface area is 214 Å². The van der Waals surface area contributed by atoms with Crippen LogP contribution in [0.25, 0.3) is 6.08 Å². The summed E-state index contributed by atoms with van der Waals surface area (Å²) in [5.41, 5.74) is 4.46. The van der Waals surface area contributed by atoms with Gasteiger partial charge in [-0.2, -0.15) is 0 Å². The van der Waals surface area contributed by atoms with Crippen molar-refractivity contribution in [3.63, 3.8) is 0 Å². The van der Waals surface area contributed by atoms with Gasteiger partial charge in [-0.1, -0.05) is 53.6 Å². The van der Waals surface area contributed by atoms with Crippen LogP contribution in [-0.2, 0) is 16.1 Å². The van der Waals surface area contributed by atoms with Gasteiger partial charge < -0.3 is 14.8 Å². The molecule has 0 aliphatic carbocycles. The zero-order valence-corrected chi connectivity index (χ0v) is 21.1. The number of rotatable bonds is 8. The number of thioether (sulfide) groups is 1. The molecule has 0 bridgehead atoms. The van der Waals surface area contributed by atoms with E-state index in [1.807, 2.05) is 62.4 Å². The molecule has 36 heavy (non-hydrogen) atoms. The Morgan fingerprint density at radius 3 is 2.28 bits per heavy atom. The lowest BCUT2D eigenvalue weighted by Gasteiger charge is -2.13. The first-order valence-electron chi connectivity index (χ1n) is 11.3. The number of carbonyl (C=O) groups is 3. The van der Waals surface area contributed by atoms with E-state index in [0.29, 0.717) is 27.7 Å². The molecular formula is C28H26N2O5S. The van der Waals surface area contributed by atoms with Crippen molar-refractivity contribution in [3.8, 4) is 11.5 Å². The molecule has 184 valence electrons. The van der Waals surface area contributed by atoms with Gasteiger partial charge in [0.05, 0.1) is 18.6 Å². The molecule has 1 heterocycles. The van der Waals surface area contributed by atoms with Crippen LogP contribution in [0.4, 0.5) is 10.5 Å². The van der Waals surface area contributed by atoms with Crippen molar-refractivity contribution in [2.75, 3.05) is 19.0 Å². The number of methoxy groups -OCH3 is 1. The molecule has 0 unspecified atom stereocenters. The van der Waals surface area contributed by atoms with E-state index in [1.165, 1.54) is 12.0 Å². The second kappa shape index (κ2) is 11.1. The number of aryl methyl sites for hydroxylation is 2. The number of anilines is 1. The molecule has 3 amide bonds. The first-order valence-corrected chi connectivity index (χ1v) is 12.1. The molecule has 1 aliphatic rings. The molecule has 1 aliphatic heterocycles. The molecule has 3 aromatic carbocycles. The highest BCUT2D eigenvalue weighted by atomic mass is 32.2. The molecule has 0 atom stereocenters. The van der Waals surface area contributed by atoms with Crippen LogP contribution in [0, 0.1) is 13.8 Å². The Morgan fingerprint density at radius 1 is 0.944 bits per heavy atom. The number of hydrogen-bond acceptors (Lipinski definition) is 6. The van der Waals surface area contributed by atoms with Crippen LogP contribution in [0.15, 0.2) is 71.6 Å². The van der Waals surface area contributed by atoms with E-state index in [4.69, 9.17) is 9.47 Å². The number of benzene rings is 3. The predicted octanol–water partition coefficient (Wildman–Crippen LogP) is 5.57. The van der Waals surface area contributed by atoms with Gasteiger partial charge in [0.1, 0.15) is 0 Å². The molecule has 0 aromatic heterocycles. The summed E-state index contributed by atoms with van der Waals surface area (Å²) in [6.45, 7) is 3.99. The van der Waals surface area contributed by atoms with Crippen LogP contribution in [0.3, 0.4) is 0 Å². The van der Waals surface area contributed by atoms with Crippen LogP contribution in [0.1, 0.15) is 22.3 Å². The molecule has 8 heteroatoms. The average molecular weight is 503 g/mol. The largest absolute Gasteiger partial charge is 0.493 e. The first kappa shape index (κ1) is 25.1. The summed E-state index contributed by atoms with van der Waals surface area (Å²) in [4.78, 5) is 39.2.